The van der Waals surface area contributed by atoms with Gasteiger partial charge in [0.1, 0.15) is 11.2 Å². The molecule has 0 N–H and O–H groups in total. The minimum atomic E-state index is -2.65. The Labute approximate surface area is 217 Å². The van der Waals surface area contributed by atoms with Crippen LogP contribution in [0.1, 0.15) is 35.4 Å². The van der Waals surface area contributed by atoms with E-state index >= 15 is 0 Å². The van der Waals surface area contributed by atoms with Crippen LogP contribution < -0.4 is 0 Å². The zero-order chi connectivity index (χ0) is 26.1. The molecule has 0 aliphatic carbocycles. The van der Waals surface area contributed by atoms with Crippen LogP contribution in [0, 0.1) is 5.92 Å². The maximum atomic E-state index is 13.2. The van der Waals surface area contributed by atoms with Crippen molar-refractivity contribution in [3.05, 3.63) is 90.6 Å². The second-order valence-electron chi connectivity index (χ2n) is 9.54. The van der Waals surface area contributed by atoms with Crippen LogP contribution in [0.3, 0.4) is 0 Å². The highest BCUT2D eigenvalue weighted by Gasteiger charge is 2.25. The zero-order valence-corrected chi connectivity index (χ0v) is 20.5. The molecule has 0 radical (unpaired) electrons. The SMILES string of the molecule is O=C(c1cc(-c2nc3cc(-c4cn(C(F)F)cn4)ccc3o2)ccn1)N1CCC(Cc2ccccc2)CC1. The number of rotatable bonds is 6. The summed E-state index contributed by atoms with van der Waals surface area (Å²) in [5.41, 5.74) is 4.50. The molecule has 1 aliphatic heterocycles. The molecule has 0 saturated carbocycles. The van der Waals surface area contributed by atoms with E-state index < -0.39 is 6.55 Å². The lowest BCUT2D eigenvalue weighted by atomic mass is 9.90. The lowest BCUT2D eigenvalue weighted by Gasteiger charge is -2.32. The molecule has 1 amide bonds. The number of piperidine rings is 1. The van der Waals surface area contributed by atoms with Gasteiger partial charge in [0.05, 0.1) is 12.0 Å². The van der Waals surface area contributed by atoms with E-state index in [0.717, 1.165) is 30.2 Å². The topological polar surface area (TPSA) is 77.0 Å². The molecular weight excluding hydrogens is 488 g/mol. The number of alkyl halides is 2. The lowest BCUT2D eigenvalue weighted by Crippen LogP contribution is -2.39. The summed E-state index contributed by atoms with van der Waals surface area (Å²) in [6.45, 7) is -1.24. The van der Waals surface area contributed by atoms with Crippen molar-refractivity contribution in [1.82, 2.24) is 24.4 Å². The molecule has 0 unspecified atom stereocenters. The van der Waals surface area contributed by atoms with Gasteiger partial charge in [-0.1, -0.05) is 30.3 Å². The molecule has 38 heavy (non-hydrogen) atoms. The Morgan fingerprint density at radius 2 is 1.82 bits per heavy atom. The van der Waals surface area contributed by atoms with Gasteiger partial charge in [-0.25, -0.2) is 9.97 Å². The van der Waals surface area contributed by atoms with Crippen LogP contribution in [0.2, 0.25) is 0 Å². The van der Waals surface area contributed by atoms with Crippen LogP contribution in [0.4, 0.5) is 8.78 Å². The first-order valence-electron chi connectivity index (χ1n) is 12.6. The normalized spacial score (nSPS) is 14.4. The molecule has 0 bridgehead atoms. The Kier molecular flexibility index (Phi) is 6.41. The molecule has 4 heterocycles. The third-order valence-electron chi connectivity index (χ3n) is 7.01. The molecule has 2 aromatic carbocycles. The van der Waals surface area contributed by atoms with Crippen LogP contribution in [0.25, 0.3) is 33.8 Å². The average molecular weight is 514 g/mol. The summed E-state index contributed by atoms with van der Waals surface area (Å²) in [5.74, 6) is 0.820. The zero-order valence-electron chi connectivity index (χ0n) is 20.5. The number of halogens is 2. The standard InChI is InChI=1S/C29H25F2N5O2/c30-29(31)36-17-25(33-18-36)21-6-7-26-23(15-21)34-27(38-26)22-8-11-32-24(16-22)28(37)35-12-9-20(10-13-35)14-19-4-2-1-3-5-19/h1-8,11,15-18,20,29H,9-10,12-14H2. The fourth-order valence-corrected chi connectivity index (χ4v) is 4.93. The smallest absolute Gasteiger partial charge is 0.319 e. The van der Waals surface area contributed by atoms with Crippen molar-refractivity contribution in [1.29, 1.82) is 0 Å². The number of hydrogen-bond acceptors (Lipinski definition) is 5. The van der Waals surface area contributed by atoms with Crippen LogP contribution >= 0.6 is 0 Å². The number of oxazole rings is 1. The summed E-state index contributed by atoms with van der Waals surface area (Å²) < 4.78 is 32.5. The molecule has 7 nitrogen and oxygen atoms in total. The number of imidazole rings is 1. The van der Waals surface area contributed by atoms with E-state index in [1.165, 1.54) is 11.8 Å². The maximum Gasteiger partial charge on any atom is 0.319 e. The van der Waals surface area contributed by atoms with Gasteiger partial charge in [-0.05, 0) is 61.1 Å². The minimum Gasteiger partial charge on any atom is -0.436 e. The largest absolute Gasteiger partial charge is 0.436 e. The number of hydrogen-bond donors (Lipinski definition) is 0. The summed E-state index contributed by atoms with van der Waals surface area (Å²) in [6.07, 6.45) is 6.93. The fraction of sp³-hybridized carbons (Fsp3) is 0.241. The van der Waals surface area contributed by atoms with Crippen molar-refractivity contribution in [2.24, 2.45) is 5.92 Å². The lowest BCUT2D eigenvalue weighted by molar-refractivity contribution is 0.0682. The van der Waals surface area contributed by atoms with E-state index in [4.69, 9.17) is 4.42 Å². The molecule has 9 heteroatoms. The molecule has 6 rings (SSSR count). The summed E-state index contributed by atoms with van der Waals surface area (Å²) in [4.78, 5) is 28.0. The first-order valence-corrected chi connectivity index (χ1v) is 12.6. The van der Waals surface area contributed by atoms with E-state index in [1.807, 2.05) is 11.0 Å². The number of amides is 1. The monoisotopic (exact) mass is 513 g/mol. The van der Waals surface area contributed by atoms with Gasteiger partial charge in [0.2, 0.25) is 5.89 Å². The number of likely N-dealkylation sites (tertiary alicyclic amines) is 1. The van der Waals surface area contributed by atoms with Crippen molar-refractivity contribution in [3.63, 3.8) is 0 Å². The van der Waals surface area contributed by atoms with Gasteiger partial charge < -0.3 is 9.32 Å². The number of fused-ring (bicyclic) bond motifs is 1. The average Bonchev–Trinajstić information content (AvgIpc) is 3.61. The van der Waals surface area contributed by atoms with Crippen molar-refractivity contribution < 1.29 is 18.0 Å². The van der Waals surface area contributed by atoms with Gasteiger partial charge in [-0.2, -0.15) is 8.78 Å². The fourth-order valence-electron chi connectivity index (χ4n) is 4.93. The Bertz CT molecular complexity index is 1570. The number of aromatic nitrogens is 4. The highest BCUT2D eigenvalue weighted by Crippen LogP contribution is 2.29. The van der Waals surface area contributed by atoms with Crippen LogP contribution in [-0.4, -0.2) is 43.4 Å². The van der Waals surface area contributed by atoms with Gasteiger partial charge in [0.25, 0.3) is 5.91 Å². The number of carbonyl (C=O) groups is 1. The van der Waals surface area contributed by atoms with Gasteiger partial charge in [0.15, 0.2) is 5.58 Å². The van der Waals surface area contributed by atoms with Gasteiger partial charge in [0, 0.05) is 36.6 Å². The summed E-state index contributed by atoms with van der Waals surface area (Å²) in [7, 11) is 0. The molecule has 1 aliphatic rings. The van der Waals surface area contributed by atoms with Gasteiger partial charge >= 0.3 is 6.55 Å². The van der Waals surface area contributed by atoms with Crippen LogP contribution in [0.15, 0.2) is 83.8 Å². The number of nitrogens with zero attached hydrogens (tertiary/aromatic N) is 5. The molecule has 0 atom stereocenters. The predicted octanol–water partition coefficient (Wildman–Crippen LogP) is 6.24. The summed E-state index contributed by atoms with van der Waals surface area (Å²) in [6, 6.07) is 19.1. The Balaban J connectivity index is 1.16. The Morgan fingerprint density at radius 1 is 1.00 bits per heavy atom. The summed E-state index contributed by atoms with van der Waals surface area (Å²) in [5, 5.41) is 0. The number of pyridine rings is 1. The third kappa shape index (κ3) is 4.91. The molecule has 0 spiro atoms. The second-order valence-corrected chi connectivity index (χ2v) is 9.54. The Hall–Kier alpha value is -4.40. The first kappa shape index (κ1) is 24.0. The minimum absolute atomic E-state index is 0.0991. The molecule has 5 aromatic rings. The van der Waals surface area contributed by atoms with E-state index in [0.29, 0.717) is 58.5 Å². The molecule has 1 saturated heterocycles. The van der Waals surface area contributed by atoms with Crippen molar-refractivity contribution in [2.45, 2.75) is 25.8 Å². The van der Waals surface area contributed by atoms with E-state index in [2.05, 4.69) is 39.2 Å². The quantitative estimate of drug-likeness (QED) is 0.269. The van der Waals surface area contributed by atoms with E-state index in [1.54, 1.807) is 36.5 Å². The molecular formula is C29H25F2N5O2. The molecule has 3 aromatic heterocycles. The van der Waals surface area contributed by atoms with E-state index in [9.17, 15) is 13.6 Å². The van der Waals surface area contributed by atoms with Crippen molar-refractivity contribution in [3.8, 4) is 22.7 Å². The highest BCUT2D eigenvalue weighted by atomic mass is 19.3. The third-order valence-corrected chi connectivity index (χ3v) is 7.01. The first-order chi connectivity index (χ1) is 18.5. The van der Waals surface area contributed by atoms with Crippen molar-refractivity contribution >= 4 is 17.0 Å². The Morgan fingerprint density at radius 3 is 2.58 bits per heavy atom. The second kappa shape index (κ2) is 10.2. The van der Waals surface area contributed by atoms with Gasteiger partial charge in [-0.3, -0.25) is 14.3 Å². The summed E-state index contributed by atoms with van der Waals surface area (Å²) >= 11 is 0. The number of carbonyl (C=O) groups excluding carboxylic acids is 1. The predicted molar refractivity (Wildman–Crippen MR) is 138 cm³/mol. The molecule has 1 fully saturated rings. The highest BCUT2D eigenvalue weighted by molar-refractivity contribution is 5.93. The van der Waals surface area contributed by atoms with E-state index in [-0.39, 0.29) is 5.91 Å². The molecule has 192 valence electrons. The van der Waals surface area contributed by atoms with Crippen molar-refractivity contribution in [2.75, 3.05) is 13.1 Å². The van der Waals surface area contributed by atoms with Crippen LogP contribution in [0.5, 0.6) is 0 Å². The van der Waals surface area contributed by atoms with Gasteiger partial charge in [-0.15, -0.1) is 0 Å². The van der Waals surface area contributed by atoms with Crippen LogP contribution in [-0.2, 0) is 6.42 Å². The maximum absolute atomic E-state index is 13.2. The number of benzene rings is 2.